The average molecular weight is 401 g/mol. The normalized spacial score (nSPS) is 15.0. The Balaban J connectivity index is 1.58. The van der Waals surface area contributed by atoms with Crippen molar-refractivity contribution in [2.24, 2.45) is 10.9 Å². The molecule has 29 heavy (non-hydrogen) atoms. The Kier molecular flexibility index (Phi) is 6.80. The molecule has 1 fully saturated rings. The number of halogens is 1. The number of ether oxygens (including phenoxy) is 2. The molecular formula is C22H28FN3O3. The van der Waals surface area contributed by atoms with Crippen molar-refractivity contribution in [3.63, 3.8) is 0 Å². The molecule has 0 radical (unpaired) electrons. The fourth-order valence-corrected chi connectivity index (χ4v) is 2.89. The maximum Gasteiger partial charge on any atom is 0.191 e. The van der Waals surface area contributed by atoms with E-state index in [0.717, 1.165) is 5.56 Å². The lowest BCUT2D eigenvalue weighted by molar-refractivity contribution is 0.285. The number of hydrogen-bond donors (Lipinski definition) is 3. The minimum atomic E-state index is -0.360. The molecular weight excluding hydrogens is 373 g/mol. The molecule has 1 aliphatic carbocycles. The van der Waals surface area contributed by atoms with Crippen molar-refractivity contribution in [3.8, 4) is 17.2 Å². The topological polar surface area (TPSA) is 75.1 Å². The minimum absolute atomic E-state index is 0.172. The van der Waals surface area contributed by atoms with Gasteiger partial charge in [-0.3, -0.25) is 4.99 Å². The van der Waals surface area contributed by atoms with Gasteiger partial charge in [0.2, 0.25) is 0 Å². The molecule has 2 aromatic carbocycles. The van der Waals surface area contributed by atoms with Crippen LogP contribution >= 0.6 is 0 Å². The van der Waals surface area contributed by atoms with Crippen molar-refractivity contribution >= 4 is 5.96 Å². The minimum Gasteiger partial charge on any atom is -0.508 e. The lowest BCUT2D eigenvalue weighted by Gasteiger charge is -2.19. The molecule has 1 atom stereocenters. The number of phenolic OH excluding ortho intramolecular Hbond substituents is 1. The van der Waals surface area contributed by atoms with Gasteiger partial charge in [-0.1, -0.05) is 6.07 Å². The van der Waals surface area contributed by atoms with Crippen LogP contribution in [0.1, 0.15) is 36.9 Å². The Bertz CT molecular complexity index is 868. The van der Waals surface area contributed by atoms with E-state index in [1.165, 1.54) is 18.9 Å². The molecule has 156 valence electrons. The summed E-state index contributed by atoms with van der Waals surface area (Å²) in [6, 6.07) is 9.88. The first kappa shape index (κ1) is 20.8. The van der Waals surface area contributed by atoms with E-state index in [9.17, 15) is 9.50 Å². The highest BCUT2D eigenvalue weighted by Crippen LogP contribution is 2.30. The van der Waals surface area contributed by atoms with Gasteiger partial charge in [0.25, 0.3) is 0 Å². The molecule has 6 nitrogen and oxygen atoms in total. The lowest BCUT2D eigenvalue weighted by Crippen LogP contribution is -2.38. The Morgan fingerprint density at radius 3 is 2.72 bits per heavy atom. The summed E-state index contributed by atoms with van der Waals surface area (Å²) in [5, 5.41) is 16.4. The average Bonchev–Trinajstić information content (AvgIpc) is 3.55. The first-order valence-electron chi connectivity index (χ1n) is 9.75. The van der Waals surface area contributed by atoms with Gasteiger partial charge in [-0.05, 0) is 61.6 Å². The largest absolute Gasteiger partial charge is 0.508 e. The molecule has 0 saturated heterocycles. The fourth-order valence-electron chi connectivity index (χ4n) is 2.89. The standard InChI is InChI=1S/C22H28FN3O3/c1-14(16-6-9-21(19(23)11-16)29-13-15-4-5-15)26-22(24-2)25-12-17-10-18(28-3)7-8-20(17)27/h6-11,14-15,27H,4-5,12-13H2,1-3H3,(H2,24,25,26). The second kappa shape index (κ2) is 9.49. The summed E-state index contributed by atoms with van der Waals surface area (Å²) < 4.78 is 25.1. The molecule has 7 heteroatoms. The highest BCUT2D eigenvalue weighted by Gasteiger charge is 2.22. The monoisotopic (exact) mass is 401 g/mol. The lowest BCUT2D eigenvalue weighted by atomic mass is 10.1. The Hall–Kier alpha value is -2.96. The van der Waals surface area contributed by atoms with Gasteiger partial charge < -0.3 is 25.2 Å². The third-order valence-electron chi connectivity index (χ3n) is 4.94. The molecule has 0 spiro atoms. The van der Waals surface area contributed by atoms with Gasteiger partial charge in [-0.25, -0.2) is 4.39 Å². The van der Waals surface area contributed by atoms with Gasteiger partial charge in [-0.15, -0.1) is 0 Å². The predicted molar refractivity (Wildman–Crippen MR) is 111 cm³/mol. The number of aromatic hydroxyl groups is 1. The number of nitrogens with zero attached hydrogens (tertiary/aromatic N) is 1. The molecule has 3 rings (SSSR count). The molecule has 0 aromatic heterocycles. The van der Waals surface area contributed by atoms with Crippen LogP contribution in [0.3, 0.4) is 0 Å². The third-order valence-corrected chi connectivity index (χ3v) is 4.94. The van der Waals surface area contributed by atoms with Crippen LogP contribution in [0.2, 0.25) is 0 Å². The van der Waals surface area contributed by atoms with Crippen molar-refractivity contribution in [1.82, 2.24) is 10.6 Å². The molecule has 1 aliphatic rings. The number of guanidine groups is 1. The van der Waals surface area contributed by atoms with Gasteiger partial charge in [-0.2, -0.15) is 0 Å². The fraction of sp³-hybridized carbons (Fsp3) is 0.409. The third kappa shape index (κ3) is 5.76. The number of hydrogen-bond acceptors (Lipinski definition) is 4. The quantitative estimate of drug-likeness (QED) is 0.464. The molecule has 0 aliphatic heterocycles. The van der Waals surface area contributed by atoms with Crippen LogP contribution < -0.4 is 20.1 Å². The highest BCUT2D eigenvalue weighted by atomic mass is 19.1. The number of phenols is 1. The summed E-state index contributed by atoms with van der Waals surface area (Å²) in [7, 11) is 3.23. The zero-order chi connectivity index (χ0) is 20.8. The zero-order valence-electron chi connectivity index (χ0n) is 17.0. The predicted octanol–water partition coefficient (Wildman–Crippen LogP) is 3.75. The second-order valence-corrected chi connectivity index (χ2v) is 7.23. The Labute approximate surface area is 170 Å². The van der Waals surface area contributed by atoms with Crippen molar-refractivity contribution in [1.29, 1.82) is 0 Å². The SMILES string of the molecule is CN=C(NCc1cc(OC)ccc1O)NC(C)c1ccc(OCC2CC2)c(F)c1. The Morgan fingerprint density at radius 1 is 1.28 bits per heavy atom. The zero-order valence-corrected chi connectivity index (χ0v) is 17.0. The summed E-state index contributed by atoms with van der Waals surface area (Å²) in [4.78, 5) is 4.20. The van der Waals surface area contributed by atoms with E-state index in [2.05, 4.69) is 15.6 Å². The summed E-state index contributed by atoms with van der Waals surface area (Å²) in [5.41, 5.74) is 1.47. The van der Waals surface area contributed by atoms with Crippen LogP contribution in [0.4, 0.5) is 4.39 Å². The van der Waals surface area contributed by atoms with Crippen LogP contribution in [0, 0.1) is 11.7 Å². The van der Waals surface area contributed by atoms with Gasteiger partial charge in [0.15, 0.2) is 17.5 Å². The van der Waals surface area contributed by atoms with E-state index in [1.54, 1.807) is 38.4 Å². The van der Waals surface area contributed by atoms with Crippen LogP contribution in [0.15, 0.2) is 41.4 Å². The summed E-state index contributed by atoms with van der Waals surface area (Å²) in [6.07, 6.45) is 2.33. The molecule has 1 unspecified atom stereocenters. The van der Waals surface area contributed by atoms with Crippen molar-refractivity contribution in [3.05, 3.63) is 53.3 Å². The van der Waals surface area contributed by atoms with E-state index >= 15 is 0 Å². The van der Waals surface area contributed by atoms with E-state index in [0.29, 0.717) is 42.1 Å². The molecule has 0 bridgehead atoms. The maximum absolute atomic E-state index is 14.3. The van der Waals surface area contributed by atoms with Crippen LogP contribution in [0.5, 0.6) is 17.2 Å². The van der Waals surface area contributed by atoms with E-state index in [-0.39, 0.29) is 17.6 Å². The maximum atomic E-state index is 14.3. The van der Waals surface area contributed by atoms with Crippen molar-refractivity contribution in [2.75, 3.05) is 20.8 Å². The number of aliphatic imine (C=N–C) groups is 1. The summed E-state index contributed by atoms with van der Waals surface area (Å²) >= 11 is 0. The summed E-state index contributed by atoms with van der Waals surface area (Å²) in [6.45, 7) is 2.87. The van der Waals surface area contributed by atoms with Crippen LogP contribution in [-0.4, -0.2) is 31.8 Å². The number of nitrogens with one attached hydrogen (secondary N) is 2. The van der Waals surface area contributed by atoms with Gasteiger partial charge in [0, 0.05) is 19.2 Å². The van der Waals surface area contributed by atoms with Crippen LogP contribution in [-0.2, 0) is 6.54 Å². The molecule has 0 heterocycles. The highest BCUT2D eigenvalue weighted by molar-refractivity contribution is 5.80. The molecule has 1 saturated carbocycles. The Morgan fingerprint density at radius 2 is 2.07 bits per heavy atom. The number of benzene rings is 2. The first-order valence-corrected chi connectivity index (χ1v) is 9.75. The van der Waals surface area contributed by atoms with E-state index < -0.39 is 0 Å². The first-order chi connectivity index (χ1) is 14.0. The molecule has 3 N–H and O–H groups in total. The number of rotatable bonds is 8. The second-order valence-electron chi connectivity index (χ2n) is 7.23. The van der Waals surface area contributed by atoms with Gasteiger partial charge >= 0.3 is 0 Å². The van der Waals surface area contributed by atoms with Gasteiger partial charge in [0.1, 0.15) is 11.5 Å². The smallest absolute Gasteiger partial charge is 0.191 e. The summed E-state index contributed by atoms with van der Waals surface area (Å²) in [5.74, 6) is 1.88. The van der Waals surface area contributed by atoms with Crippen molar-refractivity contribution in [2.45, 2.75) is 32.4 Å². The van der Waals surface area contributed by atoms with Gasteiger partial charge in [0.05, 0.1) is 19.8 Å². The number of methoxy groups -OCH3 is 1. The van der Waals surface area contributed by atoms with E-state index in [4.69, 9.17) is 9.47 Å². The van der Waals surface area contributed by atoms with Crippen molar-refractivity contribution < 1.29 is 19.0 Å². The molecule has 2 aromatic rings. The molecule has 0 amide bonds. The van der Waals surface area contributed by atoms with Crippen LogP contribution in [0.25, 0.3) is 0 Å². The van der Waals surface area contributed by atoms with E-state index in [1.807, 2.05) is 13.0 Å².